The molecule has 0 saturated carbocycles. The predicted octanol–water partition coefficient (Wildman–Crippen LogP) is 2.57. The van der Waals surface area contributed by atoms with E-state index in [2.05, 4.69) is 20.8 Å². The Morgan fingerprint density at radius 3 is 2.79 bits per heavy atom. The second-order valence-corrected chi connectivity index (χ2v) is 10.1. The fourth-order valence-electron chi connectivity index (χ4n) is 4.32. The molecule has 2 aromatic rings. The van der Waals surface area contributed by atoms with Crippen molar-refractivity contribution in [2.45, 2.75) is 63.0 Å². The fourth-order valence-corrected chi connectivity index (χ4v) is 5.31. The molecule has 1 aliphatic heterocycles. The first-order valence-corrected chi connectivity index (χ1v) is 11.1. The number of amides is 2. The van der Waals surface area contributed by atoms with E-state index < -0.39 is 21.5 Å². The molecule has 0 spiro atoms. The molecule has 1 atom stereocenters. The van der Waals surface area contributed by atoms with Crippen molar-refractivity contribution in [2.75, 3.05) is 5.32 Å². The predicted molar refractivity (Wildman–Crippen MR) is 105 cm³/mol. The summed E-state index contributed by atoms with van der Waals surface area (Å²) < 4.78 is 24.3. The Hall–Kier alpha value is -2.39. The summed E-state index contributed by atoms with van der Waals surface area (Å²) in [5, 5.41) is 13.0. The van der Waals surface area contributed by atoms with Crippen LogP contribution >= 0.6 is 0 Å². The summed E-state index contributed by atoms with van der Waals surface area (Å²) in [4.78, 5) is 12.8. The molecular weight excluding hydrogens is 378 g/mol. The normalized spacial score (nSPS) is 20.2. The van der Waals surface area contributed by atoms with Gasteiger partial charge in [0.1, 0.15) is 10.5 Å². The van der Waals surface area contributed by atoms with Gasteiger partial charge in [0.25, 0.3) is 0 Å². The summed E-state index contributed by atoms with van der Waals surface area (Å²) in [7, 11) is -3.48. The largest absolute Gasteiger partial charge is 0.469 e. The average molecular weight is 401 g/mol. The van der Waals surface area contributed by atoms with Crippen molar-refractivity contribution in [3.8, 4) is 5.88 Å². The zero-order valence-corrected chi connectivity index (χ0v) is 16.8. The number of nitrogens with one attached hydrogen (secondary N) is 1. The van der Waals surface area contributed by atoms with E-state index >= 15 is 0 Å². The van der Waals surface area contributed by atoms with Gasteiger partial charge in [-0.05, 0) is 68.2 Å². The first-order chi connectivity index (χ1) is 13.2. The number of ether oxygens (including phenoxy) is 1. The molecule has 9 heteroatoms. The Kier molecular flexibility index (Phi) is 3.67. The smallest absolute Gasteiger partial charge is 0.354 e. The summed E-state index contributed by atoms with van der Waals surface area (Å²) in [5.41, 5.74) is 5.31. The van der Waals surface area contributed by atoms with Gasteiger partial charge >= 0.3 is 6.03 Å². The van der Waals surface area contributed by atoms with Crippen molar-refractivity contribution in [2.24, 2.45) is 9.50 Å². The lowest BCUT2D eigenvalue weighted by atomic mass is 9.83. The van der Waals surface area contributed by atoms with Gasteiger partial charge in [-0.1, -0.05) is 6.07 Å². The molecule has 0 fully saturated rings. The molecule has 2 heterocycles. The summed E-state index contributed by atoms with van der Waals surface area (Å²) in [6.45, 7) is 4.33. The highest BCUT2D eigenvalue weighted by molar-refractivity contribution is 7.91. The van der Waals surface area contributed by atoms with Crippen molar-refractivity contribution < 1.29 is 13.7 Å². The molecule has 0 saturated heterocycles. The third-order valence-corrected chi connectivity index (χ3v) is 7.02. The summed E-state index contributed by atoms with van der Waals surface area (Å²) in [6.07, 6.45) is 6.40. The Bertz CT molecular complexity index is 1140. The first kappa shape index (κ1) is 17.7. The van der Waals surface area contributed by atoms with E-state index in [-0.39, 0.29) is 4.90 Å². The molecule has 28 heavy (non-hydrogen) atoms. The third-order valence-electron chi connectivity index (χ3n) is 5.67. The van der Waals surface area contributed by atoms with Gasteiger partial charge in [-0.25, -0.2) is 18.8 Å². The number of rotatable bonds is 2. The number of carbonyl (C=O) groups is 1. The van der Waals surface area contributed by atoms with Crippen molar-refractivity contribution in [1.29, 1.82) is 0 Å². The number of hydrogen-bond acceptors (Lipinski definition) is 4. The lowest BCUT2D eigenvalue weighted by molar-refractivity contribution is 0.132. The van der Waals surface area contributed by atoms with Crippen LogP contribution in [0.1, 0.15) is 42.5 Å². The zero-order valence-electron chi connectivity index (χ0n) is 15.9. The molecule has 3 N–H and O–H groups in total. The van der Waals surface area contributed by atoms with Crippen LogP contribution in [0.2, 0.25) is 0 Å². The summed E-state index contributed by atoms with van der Waals surface area (Å²) in [5.74, 6) is 0.318. The maximum Gasteiger partial charge on any atom is 0.354 e. The van der Waals surface area contributed by atoms with Crippen LogP contribution in [0.15, 0.2) is 21.5 Å². The van der Waals surface area contributed by atoms with E-state index in [4.69, 9.17) is 9.88 Å². The monoisotopic (exact) mass is 401 g/mol. The van der Waals surface area contributed by atoms with Crippen molar-refractivity contribution in [3.63, 3.8) is 0 Å². The number of aromatic nitrogens is 2. The van der Waals surface area contributed by atoms with Gasteiger partial charge in [0.15, 0.2) is 9.92 Å². The lowest BCUT2D eigenvalue weighted by Gasteiger charge is -2.25. The second-order valence-electron chi connectivity index (χ2n) is 8.30. The Morgan fingerprint density at radius 2 is 2.04 bits per heavy atom. The molecule has 148 valence electrons. The standard InChI is InChI=1S/C19H23N5O3S/c1-19(2)10-24-17(27-19)15(9-21-24)28(20,26)23-18(25)22-16-13-5-3-4-11(13)8-12-6-7-14(12)16/h8-9H,3-7,10H2,1-2H3,(H3,20,22,23,25,26)/t28-/m0/s1. The van der Waals surface area contributed by atoms with Crippen LogP contribution in [0, 0.1) is 0 Å². The molecule has 0 unspecified atom stereocenters. The lowest BCUT2D eigenvalue weighted by Crippen LogP contribution is -2.27. The van der Waals surface area contributed by atoms with Gasteiger partial charge in [0.2, 0.25) is 5.88 Å². The first-order valence-electron chi connectivity index (χ1n) is 9.51. The van der Waals surface area contributed by atoms with E-state index in [0.29, 0.717) is 12.4 Å². The number of anilines is 1. The molecule has 1 aromatic carbocycles. The highest BCUT2D eigenvalue weighted by Crippen LogP contribution is 2.40. The molecule has 0 radical (unpaired) electrons. The minimum absolute atomic E-state index is 0.152. The highest BCUT2D eigenvalue weighted by atomic mass is 32.2. The van der Waals surface area contributed by atoms with Gasteiger partial charge in [0, 0.05) is 5.69 Å². The maximum absolute atomic E-state index is 13.0. The number of benzene rings is 1. The Labute approximate surface area is 163 Å². The molecule has 0 bridgehead atoms. The van der Waals surface area contributed by atoms with Crippen molar-refractivity contribution in [3.05, 3.63) is 34.5 Å². The second kappa shape index (κ2) is 5.81. The SMILES string of the molecule is CC1(C)Cn2ncc([S@@](N)(=O)=NC(=O)Nc3c4c(cc5c3CC5)CCC4)c2O1. The van der Waals surface area contributed by atoms with E-state index in [9.17, 15) is 9.00 Å². The van der Waals surface area contributed by atoms with Crippen LogP contribution in [0.4, 0.5) is 10.5 Å². The number of aryl methyl sites for hydroxylation is 2. The summed E-state index contributed by atoms with van der Waals surface area (Å²) >= 11 is 0. The average Bonchev–Trinajstić information content (AvgIpc) is 3.22. The van der Waals surface area contributed by atoms with Crippen LogP contribution in [-0.2, 0) is 42.1 Å². The van der Waals surface area contributed by atoms with E-state index in [1.165, 1.54) is 28.5 Å². The molecule has 8 nitrogen and oxygen atoms in total. The third kappa shape index (κ3) is 2.72. The van der Waals surface area contributed by atoms with Crippen LogP contribution < -0.4 is 15.2 Å². The van der Waals surface area contributed by atoms with Gasteiger partial charge in [-0.2, -0.15) is 5.10 Å². The number of nitrogens with zero attached hydrogens (tertiary/aromatic N) is 3. The van der Waals surface area contributed by atoms with Gasteiger partial charge in [-0.3, -0.25) is 0 Å². The van der Waals surface area contributed by atoms with Crippen LogP contribution in [0.5, 0.6) is 5.88 Å². The molecule has 1 aromatic heterocycles. The molecule has 5 rings (SSSR count). The molecule has 3 aliphatic rings. The van der Waals surface area contributed by atoms with Crippen LogP contribution in [0.3, 0.4) is 0 Å². The van der Waals surface area contributed by atoms with Gasteiger partial charge < -0.3 is 10.1 Å². The maximum atomic E-state index is 13.0. The quantitative estimate of drug-likeness (QED) is 0.805. The zero-order chi connectivity index (χ0) is 19.7. The van der Waals surface area contributed by atoms with E-state index in [0.717, 1.165) is 37.8 Å². The number of urea groups is 1. The Morgan fingerprint density at radius 1 is 1.29 bits per heavy atom. The number of hydrogen-bond donors (Lipinski definition) is 2. The molecular formula is C19H23N5O3S. The van der Waals surface area contributed by atoms with Crippen LogP contribution in [-0.4, -0.2) is 25.6 Å². The minimum Gasteiger partial charge on any atom is -0.469 e. The van der Waals surface area contributed by atoms with Gasteiger partial charge in [-0.15, -0.1) is 4.36 Å². The van der Waals surface area contributed by atoms with Crippen LogP contribution in [0.25, 0.3) is 0 Å². The minimum atomic E-state index is -3.48. The number of nitrogens with two attached hydrogens (primary N) is 1. The van der Waals surface area contributed by atoms with Gasteiger partial charge in [0.05, 0.1) is 12.7 Å². The number of fused-ring (bicyclic) bond motifs is 3. The summed E-state index contributed by atoms with van der Waals surface area (Å²) in [6, 6.07) is 1.56. The molecule has 2 aliphatic carbocycles. The highest BCUT2D eigenvalue weighted by Gasteiger charge is 2.35. The Balaban J connectivity index is 1.47. The van der Waals surface area contributed by atoms with Crippen molar-refractivity contribution in [1.82, 2.24) is 9.78 Å². The fraction of sp³-hybridized carbons (Fsp3) is 0.474. The molecule has 2 amide bonds. The number of carbonyl (C=O) groups excluding carboxylic acids is 1. The van der Waals surface area contributed by atoms with Crippen molar-refractivity contribution >= 4 is 21.6 Å². The topological polar surface area (TPSA) is 112 Å². The van der Waals surface area contributed by atoms with E-state index in [1.807, 2.05) is 13.8 Å². The van der Waals surface area contributed by atoms with E-state index in [1.54, 1.807) is 4.68 Å².